The molecule has 1 N–H and O–H groups in total. The molecule has 0 spiro atoms. The molecule has 0 aromatic heterocycles. The van der Waals surface area contributed by atoms with E-state index in [0.717, 1.165) is 12.8 Å². The van der Waals surface area contributed by atoms with E-state index in [4.69, 9.17) is 11.6 Å². The van der Waals surface area contributed by atoms with Gasteiger partial charge in [0.05, 0.1) is 5.02 Å². The van der Waals surface area contributed by atoms with Crippen molar-refractivity contribution in [3.63, 3.8) is 0 Å². The molecule has 1 aliphatic heterocycles. The summed E-state index contributed by atoms with van der Waals surface area (Å²) in [6.07, 6.45) is 1.60. The van der Waals surface area contributed by atoms with Crippen molar-refractivity contribution in [3.8, 4) is 0 Å². The minimum atomic E-state index is -3.75. The van der Waals surface area contributed by atoms with E-state index in [1.807, 2.05) is 0 Å². The normalized spacial score (nSPS) is 15.2. The minimum absolute atomic E-state index is 0.0647. The first kappa shape index (κ1) is 18.8. The summed E-state index contributed by atoms with van der Waals surface area (Å²) in [7, 11) is -3.75. The topological polar surface area (TPSA) is 66.5 Å². The highest BCUT2D eigenvalue weighted by Gasteiger charge is 2.29. The molecule has 0 aliphatic carbocycles. The summed E-state index contributed by atoms with van der Waals surface area (Å²) >= 11 is 6.08. The van der Waals surface area contributed by atoms with Gasteiger partial charge in [-0.3, -0.25) is 4.79 Å². The lowest BCUT2D eigenvalue weighted by atomic mass is 10.2. The fourth-order valence-corrected chi connectivity index (χ4v) is 4.80. The second-order valence-corrected chi connectivity index (χ2v) is 8.49. The summed E-state index contributed by atoms with van der Waals surface area (Å²) in [4.78, 5) is 12.3. The Balaban J connectivity index is 1.89. The Morgan fingerprint density at radius 2 is 1.85 bits per heavy atom. The molecule has 3 rings (SSSR count). The third-order valence-corrected chi connectivity index (χ3v) is 6.69. The Labute approximate surface area is 156 Å². The van der Waals surface area contributed by atoms with Gasteiger partial charge in [0.2, 0.25) is 10.0 Å². The SMILES string of the molecule is Cc1ccc(NC(=O)c2ccc(Cl)c(S(=O)(=O)N3CCCC3)c2)cc1F. The maximum atomic E-state index is 13.6. The van der Waals surface area contributed by atoms with Crippen LogP contribution in [-0.4, -0.2) is 31.7 Å². The quantitative estimate of drug-likeness (QED) is 0.854. The fourth-order valence-electron chi connectivity index (χ4n) is 2.78. The molecule has 0 atom stereocenters. The van der Waals surface area contributed by atoms with Crippen LogP contribution in [0, 0.1) is 12.7 Å². The average molecular weight is 397 g/mol. The van der Waals surface area contributed by atoms with Crippen LogP contribution in [-0.2, 0) is 10.0 Å². The molecule has 26 heavy (non-hydrogen) atoms. The monoisotopic (exact) mass is 396 g/mol. The van der Waals surface area contributed by atoms with Crippen molar-refractivity contribution in [1.29, 1.82) is 0 Å². The van der Waals surface area contributed by atoms with E-state index in [-0.39, 0.29) is 21.2 Å². The van der Waals surface area contributed by atoms with Gasteiger partial charge in [0, 0.05) is 24.3 Å². The van der Waals surface area contributed by atoms with E-state index in [2.05, 4.69) is 5.32 Å². The molecule has 1 aliphatic rings. The molecule has 1 saturated heterocycles. The van der Waals surface area contributed by atoms with Crippen molar-refractivity contribution >= 4 is 33.2 Å². The average Bonchev–Trinajstić information content (AvgIpc) is 3.14. The second kappa shape index (κ2) is 7.34. The smallest absolute Gasteiger partial charge is 0.255 e. The molecule has 1 heterocycles. The lowest BCUT2D eigenvalue weighted by Gasteiger charge is -2.17. The fraction of sp³-hybridized carbons (Fsp3) is 0.278. The molecule has 0 saturated carbocycles. The van der Waals surface area contributed by atoms with Gasteiger partial charge < -0.3 is 5.32 Å². The molecule has 5 nitrogen and oxygen atoms in total. The molecule has 0 radical (unpaired) electrons. The Hall–Kier alpha value is -1.96. The van der Waals surface area contributed by atoms with E-state index in [0.29, 0.717) is 18.7 Å². The van der Waals surface area contributed by atoms with Crippen LogP contribution >= 0.6 is 11.6 Å². The summed E-state index contributed by atoms with van der Waals surface area (Å²) in [5, 5.41) is 2.63. The van der Waals surface area contributed by atoms with Gasteiger partial charge in [-0.1, -0.05) is 17.7 Å². The minimum Gasteiger partial charge on any atom is -0.322 e. The summed E-state index contributed by atoms with van der Waals surface area (Å²) in [6, 6.07) is 8.42. The lowest BCUT2D eigenvalue weighted by Crippen LogP contribution is -2.28. The number of sulfonamides is 1. The van der Waals surface area contributed by atoms with Crippen LogP contribution in [0.15, 0.2) is 41.3 Å². The summed E-state index contributed by atoms with van der Waals surface area (Å²) in [6.45, 7) is 2.51. The molecule has 8 heteroatoms. The Kier molecular flexibility index (Phi) is 5.32. The van der Waals surface area contributed by atoms with Crippen LogP contribution in [0.4, 0.5) is 10.1 Å². The van der Waals surface area contributed by atoms with Crippen molar-refractivity contribution < 1.29 is 17.6 Å². The number of halogens is 2. The maximum absolute atomic E-state index is 13.6. The number of aryl methyl sites for hydroxylation is 1. The number of nitrogens with one attached hydrogen (secondary N) is 1. The standard InChI is InChI=1S/C18H18ClFN2O3S/c1-12-4-6-14(11-16(12)20)21-18(23)13-5-7-15(19)17(10-13)26(24,25)22-8-2-3-9-22/h4-7,10-11H,2-3,8-9H2,1H3,(H,21,23). The van der Waals surface area contributed by atoms with Crippen molar-refractivity contribution in [3.05, 3.63) is 58.4 Å². The zero-order valence-corrected chi connectivity index (χ0v) is 15.7. The number of carbonyl (C=O) groups is 1. The number of carbonyl (C=O) groups excluding carboxylic acids is 1. The van der Waals surface area contributed by atoms with E-state index in [1.54, 1.807) is 19.1 Å². The zero-order chi connectivity index (χ0) is 18.9. The highest BCUT2D eigenvalue weighted by Crippen LogP contribution is 2.28. The third-order valence-electron chi connectivity index (χ3n) is 4.31. The first-order chi connectivity index (χ1) is 12.3. The van der Waals surface area contributed by atoms with Gasteiger partial charge >= 0.3 is 0 Å². The van der Waals surface area contributed by atoms with E-state index in [1.165, 1.54) is 28.6 Å². The number of rotatable bonds is 4. The van der Waals surface area contributed by atoms with Crippen LogP contribution in [0.3, 0.4) is 0 Å². The summed E-state index contributed by atoms with van der Waals surface area (Å²) < 4.78 is 40.5. The molecule has 138 valence electrons. The van der Waals surface area contributed by atoms with Gasteiger partial charge in [-0.2, -0.15) is 4.31 Å². The molecular weight excluding hydrogens is 379 g/mol. The van der Waals surface area contributed by atoms with E-state index >= 15 is 0 Å². The Morgan fingerprint density at radius 1 is 1.15 bits per heavy atom. The Bertz CT molecular complexity index is 957. The third kappa shape index (κ3) is 3.75. The van der Waals surface area contributed by atoms with Crippen LogP contribution in [0.5, 0.6) is 0 Å². The molecule has 0 bridgehead atoms. The van der Waals surface area contributed by atoms with Crippen LogP contribution < -0.4 is 5.32 Å². The molecule has 1 fully saturated rings. The first-order valence-corrected chi connectivity index (χ1v) is 9.98. The number of anilines is 1. The van der Waals surface area contributed by atoms with Crippen LogP contribution in [0.2, 0.25) is 5.02 Å². The van der Waals surface area contributed by atoms with E-state index < -0.39 is 21.7 Å². The van der Waals surface area contributed by atoms with Gasteiger partial charge in [-0.25, -0.2) is 12.8 Å². The largest absolute Gasteiger partial charge is 0.322 e. The lowest BCUT2D eigenvalue weighted by molar-refractivity contribution is 0.102. The number of hydrogen-bond donors (Lipinski definition) is 1. The highest BCUT2D eigenvalue weighted by atomic mass is 35.5. The van der Waals surface area contributed by atoms with Gasteiger partial charge in [0.1, 0.15) is 10.7 Å². The molecule has 2 aromatic rings. The summed E-state index contributed by atoms with van der Waals surface area (Å²) in [5.74, 6) is -0.973. The van der Waals surface area contributed by atoms with E-state index in [9.17, 15) is 17.6 Å². The van der Waals surface area contributed by atoms with Crippen LogP contribution in [0.1, 0.15) is 28.8 Å². The molecule has 2 aromatic carbocycles. The number of hydrogen-bond acceptors (Lipinski definition) is 3. The van der Waals surface area contributed by atoms with Crippen molar-refractivity contribution in [2.24, 2.45) is 0 Å². The molecule has 1 amide bonds. The predicted octanol–water partition coefficient (Wildman–Crippen LogP) is 3.82. The molecular formula is C18H18ClFN2O3S. The van der Waals surface area contributed by atoms with Crippen molar-refractivity contribution in [1.82, 2.24) is 4.31 Å². The number of amides is 1. The first-order valence-electron chi connectivity index (χ1n) is 8.16. The number of nitrogens with zero attached hydrogens (tertiary/aromatic N) is 1. The second-order valence-electron chi connectivity index (χ2n) is 6.17. The Morgan fingerprint density at radius 3 is 2.50 bits per heavy atom. The number of benzene rings is 2. The predicted molar refractivity (Wildman–Crippen MR) is 98.5 cm³/mol. The van der Waals surface area contributed by atoms with Gasteiger partial charge in [-0.15, -0.1) is 0 Å². The molecule has 0 unspecified atom stereocenters. The van der Waals surface area contributed by atoms with Crippen molar-refractivity contribution in [2.75, 3.05) is 18.4 Å². The zero-order valence-electron chi connectivity index (χ0n) is 14.1. The summed E-state index contributed by atoms with van der Waals surface area (Å²) in [5.41, 5.74) is 0.888. The van der Waals surface area contributed by atoms with Crippen LogP contribution in [0.25, 0.3) is 0 Å². The van der Waals surface area contributed by atoms with Gasteiger partial charge in [0.25, 0.3) is 5.91 Å². The van der Waals surface area contributed by atoms with Gasteiger partial charge in [-0.05, 0) is 55.7 Å². The van der Waals surface area contributed by atoms with Gasteiger partial charge in [0.15, 0.2) is 0 Å². The highest BCUT2D eigenvalue weighted by molar-refractivity contribution is 7.89. The maximum Gasteiger partial charge on any atom is 0.255 e. The van der Waals surface area contributed by atoms with Crippen molar-refractivity contribution in [2.45, 2.75) is 24.7 Å².